The second kappa shape index (κ2) is 8.89. The molecule has 0 aliphatic heterocycles. The Morgan fingerprint density at radius 3 is 1.42 bits per heavy atom. The van der Waals surface area contributed by atoms with Crippen molar-refractivity contribution in [2.45, 2.75) is 26.2 Å². The largest absolute Gasteiger partial charge is 0.146 e. The van der Waals surface area contributed by atoms with Crippen molar-refractivity contribution in [1.82, 2.24) is 0 Å². The highest BCUT2D eigenvalue weighted by Gasteiger charge is 2.38. The predicted octanol–water partition coefficient (Wildman–Crippen LogP) is 5.60. The molecule has 0 aromatic heterocycles. The summed E-state index contributed by atoms with van der Waals surface area (Å²) < 4.78 is 1.34. The van der Waals surface area contributed by atoms with Crippen molar-refractivity contribution in [1.29, 1.82) is 0 Å². The maximum absolute atomic E-state index is 2.53. The molecular formula is C28H29ISi2. The van der Waals surface area contributed by atoms with Crippen LogP contribution in [0.2, 0.25) is 26.2 Å². The van der Waals surface area contributed by atoms with E-state index in [0.29, 0.717) is 0 Å². The number of hydrogen-bond acceptors (Lipinski definition) is 0. The average Bonchev–Trinajstić information content (AvgIpc) is 2.79. The molecule has 0 spiro atoms. The summed E-state index contributed by atoms with van der Waals surface area (Å²) in [7, 11) is -3.82. The van der Waals surface area contributed by atoms with Crippen LogP contribution in [0, 0.1) is 3.57 Å². The van der Waals surface area contributed by atoms with Crippen molar-refractivity contribution in [3.63, 3.8) is 0 Å². The second-order valence-electron chi connectivity index (χ2n) is 9.35. The summed E-state index contributed by atoms with van der Waals surface area (Å²) in [5.41, 5.74) is 2.82. The summed E-state index contributed by atoms with van der Waals surface area (Å²) in [5, 5.41) is 6.01. The molecule has 0 amide bonds. The SMILES string of the molecule is C[Si](C)(C)c1cc(I)cc([Si](C)(c2ccccc2)c2ccccc2)c1-c1ccccc1. The fourth-order valence-corrected chi connectivity index (χ4v) is 11.4. The highest BCUT2D eigenvalue weighted by Crippen LogP contribution is 2.24. The van der Waals surface area contributed by atoms with Gasteiger partial charge in [0.25, 0.3) is 0 Å². The summed E-state index contributed by atoms with van der Waals surface area (Å²) in [4.78, 5) is 0. The zero-order valence-corrected chi connectivity index (χ0v) is 22.9. The monoisotopic (exact) mass is 548 g/mol. The molecule has 0 N–H and O–H groups in total. The normalized spacial score (nSPS) is 12.0. The molecule has 4 rings (SSSR count). The molecule has 0 radical (unpaired) electrons. The third-order valence-corrected chi connectivity index (χ3v) is 13.3. The maximum atomic E-state index is 2.53. The third-order valence-electron chi connectivity index (χ3n) is 6.21. The molecule has 0 heterocycles. The molecule has 0 atom stereocenters. The lowest BCUT2D eigenvalue weighted by molar-refractivity contribution is 1.60. The van der Waals surface area contributed by atoms with Gasteiger partial charge in [-0.3, -0.25) is 0 Å². The highest BCUT2D eigenvalue weighted by molar-refractivity contribution is 14.1. The summed E-state index contributed by atoms with van der Waals surface area (Å²) in [6.07, 6.45) is 0. The van der Waals surface area contributed by atoms with Crippen molar-refractivity contribution in [2.24, 2.45) is 0 Å². The van der Waals surface area contributed by atoms with Gasteiger partial charge in [-0.1, -0.05) is 122 Å². The molecule has 0 bridgehead atoms. The Labute approximate surface area is 202 Å². The van der Waals surface area contributed by atoms with Crippen molar-refractivity contribution < 1.29 is 0 Å². The van der Waals surface area contributed by atoms with Gasteiger partial charge >= 0.3 is 0 Å². The number of benzene rings is 4. The third kappa shape index (κ3) is 4.36. The van der Waals surface area contributed by atoms with E-state index in [1.54, 1.807) is 5.19 Å². The van der Waals surface area contributed by atoms with Crippen LogP contribution < -0.4 is 20.7 Å². The highest BCUT2D eigenvalue weighted by atomic mass is 127. The van der Waals surface area contributed by atoms with Crippen LogP contribution in [0.3, 0.4) is 0 Å². The fourth-order valence-electron chi connectivity index (χ4n) is 4.53. The summed E-state index contributed by atoms with van der Waals surface area (Å²) in [6.45, 7) is 9.94. The number of halogens is 1. The zero-order valence-electron chi connectivity index (χ0n) is 18.7. The predicted molar refractivity (Wildman–Crippen MR) is 151 cm³/mol. The van der Waals surface area contributed by atoms with E-state index < -0.39 is 16.1 Å². The van der Waals surface area contributed by atoms with Crippen LogP contribution in [0.5, 0.6) is 0 Å². The summed E-state index contributed by atoms with van der Waals surface area (Å²) in [5.74, 6) is 0. The molecule has 156 valence electrons. The van der Waals surface area contributed by atoms with Gasteiger partial charge in [0.1, 0.15) is 8.07 Å². The first-order valence-corrected chi connectivity index (χ1v) is 17.9. The lowest BCUT2D eigenvalue weighted by Gasteiger charge is -2.35. The standard InChI is InChI=1S/C28H29ISi2/c1-30(2,3)26-20-23(29)21-27(28(26)22-14-8-5-9-15-22)31(4,24-16-10-6-11-17-24)25-18-12-7-13-19-25/h5-21H,1-4H3. The molecule has 4 aromatic carbocycles. The van der Waals surface area contributed by atoms with Crippen LogP contribution in [-0.4, -0.2) is 16.1 Å². The van der Waals surface area contributed by atoms with E-state index in [4.69, 9.17) is 0 Å². The van der Waals surface area contributed by atoms with Crippen LogP contribution in [0.25, 0.3) is 11.1 Å². The molecule has 0 saturated heterocycles. The van der Waals surface area contributed by atoms with E-state index in [1.165, 1.54) is 30.3 Å². The molecule has 0 aliphatic rings. The molecule has 31 heavy (non-hydrogen) atoms. The molecule has 0 saturated carbocycles. The Balaban J connectivity index is 2.15. The first-order chi connectivity index (χ1) is 14.8. The Kier molecular flexibility index (Phi) is 6.38. The Morgan fingerprint density at radius 2 is 0.968 bits per heavy atom. The van der Waals surface area contributed by atoms with E-state index >= 15 is 0 Å². The smallest absolute Gasteiger partial charge is 0.0656 e. The quantitative estimate of drug-likeness (QED) is 0.173. The zero-order chi connectivity index (χ0) is 22.1. The van der Waals surface area contributed by atoms with E-state index in [1.807, 2.05) is 0 Å². The van der Waals surface area contributed by atoms with Crippen molar-refractivity contribution in [3.05, 3.63) is 107 Å². The minimum atomic E-state index is -2.23. The summed E-state index contributed by atoms with van der Waals surface area (Å²) >= 11 is 2.53. The molecule has 0 fully saturated rings. The van der Waals surface area contributed by atoms with Gasteiger partial charge in [-0.05, 0) is 61.4 Å². The van der Waals surface area contributed by atoms with Crippen molar-refractivity contribution >= 4 is 59.5 Å². The summed E-state index contributed by atoms with van der Waals surface area (Å²) in [6, 6.07) is 38.3. The van der Waals surface area contributed by atoms with Crippen LogP contribution in [0.4, 0.5) is 0 Å². The number of hydrogen-bond donors (Lipinski definition) is 0. The fraction of sp³-hybridized carbons (Fsp3) is 0.143. The molecule has 0 aliphatic carbocycles. The molecule has 4 aromatic rings. The molecule has 3 heteroatoms. The minimum absolute atomic E-state index is 1.34. The lowest BCUT2D eigenvalue weighted by atomic mass is 10.1. The van der Waals surface area contributed by atoms with Gasteiger partial charge in [0, 0.05) is 3.57 Å². The van der Waals surface area contributed by atoms with Gasteiger partial charge in [0.15, 0.2) is 0 Å². The Morgan fingerprint density at radius 1 is 0.548 bits per heavy atom. The van der Waals surface area contributed by atoms with Crippen molar-refractivity contribution in [2.75, 3.05) is 0 Å². The molecule has 0 nitrogen and oxygen atoms in total. The van der Waals surface area contributed by atoms with E-state index in [0.717, 1.165) is 0 Å². The lowest BCUT2D eigenvalue weighted by Crippen LogP contribution is -2.66. The van der Waals surface area contributed by atoms with Gasteiger partial charge < -0.3 is 0 Å². The first-order valence-electron chi connectivity index (χ1n) is 10.8. The second-order valence-corrected chi connectivity index (χ2v) is 19.6. The first kappa shape index (κ1) is 22.2. The van der Waals surface area contributed by atoms with Crippen LogP contribution >= 0.6 is 22.6 Å². The van der Waals surface area contributed by atoms with Crippen LogP contribution in [0.15, 0.2) is 103 Å². The maximum Gasteiger partial charge on any atom is 0.146 e. The van der Waals surface area contributed by atoms with Crippen molar-refractivity contribution in [3.8, 4) is 11.1 Å². The van der Waals surface area contributed by atoms with Gasteiger partial charge in [-0.15, -0.1) is 0 Å². The van der Waals surface area contributed by atoms with Crippen LogP contribution in [0.1, 0.15) is 0 Å². The molecule has 0 unspecified atom stereocenters. The van der Waals surface area contributed by atoms with Gasteiger partial charge in [0.05, 0.1) is 8.07 Å². The average molecular weight is 549 g/mol. The van der Waals surface area contributed by atoms with Gasteiger partial charge in [-0.25, -0.2) is 0 Å². The van der Waals surface area contributed by atoms with E-state index in [9.17, 15) is 0 Å². The molecular weight excluding hydrogens is 519 g/mol. The Hall–Kier alpha value is -1.96. The van der Waals surface area contributed by atoms with E-state index in [2.05, 4.69) is 152 Å². The van der Waals surface area contributed by atoms with Gasteiger partial charge in [0.2, 0.25) is 0 Å². The van der Waals surface area contributed by atoms with Crippen LogP contribution in [-0.2, 0) is 0 Å². The Bertz CT molecular complexity index is 1120. The van der Waals surface area contributed by atoms with E-state index in [-0.39, 0.29) is 0 Å². The van der Waals surface area contributed by atoms with Gasteiger partial charge in [-0.2, -0.15) is 0 Å². The minimum Gasteiger partial charge on any atom is -0.0656 e. The number of rotatable bonds is 5. The topological polar surface area (TPSA) is 0 Å².